The third kappa shape index (κ3) is 4.62. The first-order valence-electron chi connectivity index (χ1n) is 7.57. The second kappa shape index (κ2) is 7.87. The third-order valence-corrected chi connectivity index (χ3v) is 3.73. The largest absolute Gasteiger partial charge is 0.384 e. The van der Waals surface area contributed by atoms with Crippen LogP contribution in [0.25, 0.3) is 0 Å². The van der Waals surface area contributed by atoms with Crippen molar-refractivity contribution < 1.29 is 14.1 Å². The van der Waals surface area contributed by atoms with E-state index in [1.165, 1.54) is 0 Å². The van der Waals surface area contributed by atoms with E-state index in [9.17, 15) is 4.79 Å². The highest BCUT2D eigenvalue weighted by molar-refractivity contribution is 5.76. The molecule has 8 nitrogen and oxygen atoms in total. The molecule has 0 saturated carbocycles. The smallest absolute Gasteiger partial charge is 0.229 e. The lowest BCUT2D eigenvalue weighted by atomic mass is 10.1. The third-order valence-electron chi connectivity index (χ3n) is 3.73. The summed E-state index contributed by atoms with van der Waals surface area (Å²) >= 11 is 0. The summed E-state index contributed by atoms with van der Waals surface area (Å²) in [6.45, 7) is 4.76. The number of rotatable bonds is 8. The van der Waals surface area contributed by atoms with E-state index >= 15 is 0 Å². The number of methoxy groups -OCH3 is 1. The lowest BCUT2D eigenvalue weighted by Crippen LogP contribution is -2.23. The normalized spacial score (nSPS) is 11.0. The van der Waals surface area contributed by atoms with Crippen LogP contribution in [-0.2, 0) is 36.0 Å². The Morgan fingerprint density at radius 3 is 2.78 bits per heavy atom. The van der Waals surface area contributed by atoms with E-state index in [1.807, 2.05) is 25.6 Å². The molecule has 126 valence electrons. The first kappa shape index (κ1) is 17.1. The van der Waals surface area contributed by atoms with Crippen LogP contribution < -0.4 is 5.32 Å². The van der Waals surface area contributed by atoms with Crippen molar-refractivity contribution in [3.05, 3.63) is 28.7 Å². The molecule has 0 radical (unpaired) electrons. The highest BCUT2D eigenvalue weighted by Crippen LogP contribution is 2.13. The van der Waals surface area contributed by atoms with Crippen LogP contribution in [0.15, 0.2) is 4.52 Å². The van der Waals surface area contributed by atoms with Crippen LogP contribution in [0, 0.1) is 13.8 Å². The molecule has 0 saturated heterocycles. The number of hydrogen-bond acceptors (Lipinski definition) is 6. The van der Waals surface area contributed by atoms with Gasteiger partial charge >= 0.3 is 0 Å². The van der Waals surface area contributed by atoms with Crippen LogP contribution >= 0.6 is 0 Å². The zero-order valence-electron chi connectivity index (χ0n) is 14.0. The van der Waals surface area contributed by atoms with E-state index in [1.54, 1.807) is 7.11 Å². The molecular formula is C15H23N5O3. The summed E-state index contributed by atoms with van der Waals surface area (Å²) < 4.78 is 11.8. The Morgan fingerprint density at radius 1 is 1.35 bits per heavy atom. The predicted molar refractivity (Wildman–Crippen MR) is 82.7 cm³/mol. The molecule has 2 heterocycles. The van der Waals surface area contributed by atoms with E-state index in [-0.39, 0.29) is 12.5 Å². The van der Waals surface area contributed by atoms with Gasteiger partial charge in [0.1, 0.15) is 0 Å². The van der Waals surface area contributed by atoms with Crippen LogP contribution in [0.2, 0.25) is 0 Å². The highest BCUT2D eigenvalue weighted by Gasteiger charge is 2.12. The molecule has 1 amide bonds. The standard InChI is InChI=1S/C15H23N5O3/c1-10-12(11(2)20(3)18-10)5-6-14(21)16-9-13-17-15(23-19-13)7-8-22-4/h5-9H2,1-4H3,(H,16,21). The number of nitrogens with one attached hydrogen (secondary N) is 1. The summed E-state index contributed by atoms with van der Waals surface area (Å²) in [6.07, 6.45) is 1.64. The maximum atomic E-state index is 12.0. The van der Waals surface area contributed by atoms with Gasteiger partial charge in [0.15, 0.2) is 5.82 Å². The van der Waals surface area contributed by atoms with Gasteiger partial charge in [-0.05, 0) is 25.8 Å². The van der Waals surface area contributed by atoms with Crippen molar-refractivity contribution in [3.8, 4) is 0 Å². The fraction of sp³-hybridized carbons (Fsp3) is 0.600. The fourth-order valence-corrected chi connectivity index (χ4v) is 2.34. The van der Waals surface area contributed by atoms with Gasteiger partial charge in [-0.2, -0.15) is 10.1 Å². The topological polar surface area (TPSA) is 95.1 Å². The number of aromatic nitrogens is 4. The van der Waals surface area contributed by atoms with Crippen LogP contribution in [0.5, 0.6) is 0 Å². The van der Waals surface area contributed by atoms with E-state index in [4.69, 9.17) is 9.26 Å². The molecule has 2 aromatic heterocycles. The van der Waals surface area contributed by atoms with Gasteiger partial charge in [-0.25, -0.2) is 0 Å². The number of carbonyl (C=O) groups is 1. The van der Waals surface area contributed by atoms with Gasteiger partial charge in [0.05, 0.1) is 25.3 Å². The van der Waals surface area contributed by atoms with Crippen LogP contribution in [0.3, 0.4) is 0 Å². The SMILES string of the molecule is COCCc1nc(CNC(=O)CCc2c(C)nn(C)c2C)no1. The Balaban J connectivity index is 1.78. The van der Waals surface area contributed by atoms with E-state index in [0.717, 1.165) is 17.0 Å². The van der Waals surface area contributed by atoms with Gasteiger partial charge in [0.2, 0.25) is 11.8 Å². The maximum absolute atomic E-state index is 12.0. The summed E-state index contributed by atoms with van der Waals surface area (Å²) in [6, 6.07) is 0. The highest BCUT2D eigenvalue weighted by atomic mass is 16.5. The van der Waals surface area contributed by atoms with E-state index in [0.29, 0.717) is 37.6 Å². The summed E-state index contributed by atoms with van der Waals surface area (Å²) in [4.78, 5) is 16.1. The zero-order valence-corrected chi connectivity index (χ0v) is 14.0. The lowest BCUT2D eigenvalue weighted by Gasteiger charge is -2.03. The monoisotopic (exact) mass is 321 g/mol. The minimum absolute atomic E-state index is 0.0455. The van der Waals surface area contributed by atoms with Crippen molar-refractivity contribution in [1.29, 1.82) is 0 Å². The van der Waals surface area contributed by atoms with Crippen molar-refractivity contribution in [3.63, 3.8) is 0 Å². The molecule has 0 spiro atoms. The number of amides is 1. The molecule has 0 unspecified atom stereocenters. The average molecular weight is 321 g/mol. The number of carbonyl (C=O) groups excluding carboxylic acids is 1. The van der Waals surface area contributed by atoms with Crippen LogP contribution in [-0.4, -0.2) is 39.5 Å². The van der Waals surface area contributed by atoms with Crippen molar-refractivity contribution in [1.82, 2.24) is 25.2 Å². The molecule has 2 aromatic rings. The average Bonchev–Trinajstić information content (AvgIpc) is 3.07. The number of hydrogen-bond donors (Lipinski definition) is 1. The Morgan fingerprint density at radius 2 is 2.13 bits per heavy atom. The van der Waals surface area contributed by atoms with Gasteiger partial charge in [0.25, 0.3) is 0 Å². The summed E-state index contributed by atoms with van der Waals surface area (Å²) in [5, 5.41) is 11.0. The molecule has 0 aliphatic heterocycles. The zero-order chi connectivity index (χ0) is 16.8. The molecule has 0 bridgehead atoms. The molecule has 23 heavy (non-hydrogen) atoms. The van der Waals surface area contributed by atoms with Gasteiger partial charge in [-0.3, -0.25) is 9.48 Å². The minimum atomic E-state index is -0.0455. The van der Waals surface area contributed by atoms with Crippen LogP contribution in [0.1, 0.15) is 35.1 Å². The molecule has 0 aromatic carbocycles. The quantitative estimate of drug-likeness (QED) is 0.775. The summed E-state index contributed by atoms with van der Waals surface area (Å²) in [5.41, 5.74) is 3.19. The van der Waals surface area contributed by atoms with E-state index in [2.05, 4.69) is 20.6 Å². The number of ether oxygens (including phenoxy) is 1. The second-order valence-corrected chi connectivity index (χ2v) is 5.40. The van der Waals surface area contributed by atoms with Crippen molar-refractivity contribution in [2.24, 2.45) is 7.05 Å². The number of nitrogens with zero attached hydrogens (tertiary/aromatic N) is 4. The molecule has 0 aliphatic carbocycles. The van der Waals surface area contributed by atoms with Crippen molar-refractivity contribution in [2.45, 2.75) is 39.7 Å². The Labute approximate surface area is 135 Å². The van der Waals surface area contributed by atoms with Crippen molar-refractivity contribution >= 4 is 5.91 Å². The summed E-state index contributed by atoms with van der Waals surface area (Å²) in [5.74, 6) is 0.937. The lowest BCUT2D eigenvalue weighted by molar-refractivity contribution is -0.121. The molecule has 2 rings (SSSR count). The Hall–Kier alpha value is -2.22. The minimum Gasteiger partial charge on any atom is -0.384 e. The Kier molecular flexibility index (Phi) is 5.86. The predicted octanol–water partition coefficient (Wildman–Crippen LogP) is 0.858. The first-order chi connectivity index (χ1) is 11.0. The second-order valence-electron chi connectivity index (χ2n) is 5.40. The molecule has 8 heteroatoms. The van der Waals surface area contributed by atoms with Gasteiger partial charge in [-0.1, -0.05) is 5.16 Å². The maximum Gasteiger partial charge on any atom is 0.229 e. The van der Waals surface area contributed by atoms with Crippen LogP contribution in [0.4, 0.5) is 0 Å². The van der Waals surface area contributed by atoms with Gasteiger partial charge < -0.3 is 14.6 Å². The molecule has 0 aliphatic rings. The molecule has 0 atom stereocenters. The van der Waals surface area contributed by atoms with Crippen molar-refractivity contribution in [2.75, 3.05) is 13.7 Å². The molecular weight excluding hydrogens is 298 g/mol. The fourth-order valence-electron chi connectivity index (χ4n) is 2.34. The summed E-state index contributed by atoms with van der Waals surface area (Å²) in [7, 11) is 3.52. The molecule has 1 N–H and O–H groups in total. The van der Waals surface area contributed by atoms with Gasteiger partial charge in [-0.15, -0.1) is 0 Å². The first-order valence-corrected chi connectivity index (χ1v) is 7.57. The number of aryl methyl sites for hydroxylation is 2. The molecule has 0 fully saturated rings. The Bertz CT molecular complexity index is 662. The van der Waals surface area contributed by atoms with Gasteiger partial charge in [0, 0.05) is 26.3 Å². The van der Waals surface area contributed by atoms with E-state index < -0.39 is 0 Å².